The third kappa shape index (κ3) is 5.23. The lowest BCUT2D eigenvalue weighted by atomic mass is 10.1. The smallest absolute Gasteiger partial charge is 0.224 e. The fourth-order valence-electron chi connectivity index (χ4n) is 2.74. The van der Waals surface area contributed by atoms with E-state index in [1.54, 1.807) is 0 Å². The van der Waals surface area contributed by atoms with Gasteiger partial charge >= 0.3 is 0 Å². The highest BCUT2D eigenvalue weighted by Gasteiger charge is 2.13. The monoisotopic (exact) mass is 355 g/mol. The summed E-state index contributed by atoms with van der Waals surface area (Å²) in [6.45, 7) is 6.22. The number of carbonyl (C=O) groups is 1. The van der Waals surface area contributed by atoms with Gasteiger partial charge in [0.1, 0.15) is 13.2 Å². The molecule has 1 aliphatic rings. The maximum absolute atomic E-state index is 12.2. The zero-order chi connectivity index (χ0) is 18.4. The molecule has 2 aromatic rings. The Morgan fingerprint density at radius 2 is 1.81 bits per heavy atom. The number of amides is 1. The summed E-state index contributed by atoms with van der Waals surface area (Å²) in [6.07, 6.45) is 0.511. The van der Waals surface area contributed by atoms with E-state index >= 15 is 0 Å². The predicted molar refractivity (Wildman–Crippen MR) is 99.3 cm³/mol. The molecule has 0 atom stereocenters. The SMILES string of the molecule is CC(C)OCc1cccc(CNC(=O)Cc2ccc3c(c2)OCCO3)c1. The lowest BCUT2D eigenvalue weighted by molar-refractivity contribution is -0.120. The summed E-state index contributed by atoms with van der Waals surface area (Å²) in [7, 11) is 0. The second kappa shape index (κ2) is 8.72. The minimum Gasteiger partial charge on any atom is -0.486 e. The molecular formula is C21H25NO4. The van der Waals surface area contributed by atoms with Crippen molar-refractivity contribution in [3.05, 3.63) is 59.2 Å². The molecule has 0 radical (unpaired) electrons. The number of benzene rings is 2. The zero-order valence-corrected chi connectivity index (χ0v) is 15.3. The molecule has 0 saturated carbocycles. The van der Waals surface area contributed by atoms with Gasteiger partial charge in [0.15, 0.2) is 11.5 Å². The average molecular weight is 355 g/mol. The number of carbonyl (C=O) groups excluding carboxylic acids is 1. The molecule has 0 aliphatic carbocycles. The van der Waals surface area contributed by atoms with E-state index in [1.807, 2.05) is 50.2 Å². The van der Waals surface area contributed by atoms with Crippen molar-refractivity contribution in [1.29, 1.82) is 0 Å². The highest BCUT2D eigenvalue weighted by Crippen LogP contribution is 2.30. The van der Waals surface area contributed by atoms with Gasteiger partial charge in [-0.05, 0) is 42.7 Å². The van der Waals surface area contributed by atoms with Crippen molar-refractivity contribution in [2.75, 3.05) is 13.2 Å². The first-order chi connectivity index (χ1) is 12.6. The van der Waals surface area contributed by atoms with Crippen LogP contribution in [0.1, 0.15) is 30.5 Å². The topological polar surface area (TPSA) is 56.8 Å². The van der Waals surface area contributed by atoms with Crippen molar-refractivity contribution in [2.24, 2.45) is 0 Å². The first-order valence-electron chi connectivity index (χ1n) is 8.95. The van der Waals surface area contributed by atoms with Gasteiger partial charge in [0.2, 0.25) is 5.91 Å². The summed E-state index contributed by atoms with van der Waals surface area (Å²) in [5, 5.41) is 2.97. The summed E-state index contributed by atoms with van der Waals surface area (Å²) in [5.41, 5.74) is 3.08. The third-order valence-corrected chi connectivity index (χ3v) is 4.04. The van der Waals surface area contributed by atoms with Crippen LogP contribution in [0.2, 0.25) is 0 Å². The Bertz CT molecular complexity index is 757. The molecule has 138 valence electrons. The number of fused-ring (bicyclic) bond motifs is 1. The van der Waals surface area contributed by atoms with Crippen molar-refractivity contribution in [2.45, 2.75) is 39.5 Å². The van der Waals surface area contributed by atoms with E-state index in [2.05, 4.69) is 11.4 Å². The highest BCUT2D eigenvalue weighted by molar-refractivity contribution is 5.78. The van der Waals surface area contributed by atoms with Crippen LogP contribution < -0.4 is 14.8 Å². The Kier molecular flexibility index (Phi) is 6.12. The summed E-state index contributed by atoms with van der Waals surface area (Å²) in [6, 6.07) is 13.7. The Morgan fingerprint density at radius 3 is 2.62 bits per heavy atom. The molecule has 0 aromatic heterocycles. The summed E-state index contributed by atoms with van der Waals surface area (Å²) in [5.74, 6) is 1.42. The molecule has 1 aliphatic heterocycles. The standard InChI is InChI=1S/C21H25NO4/c1-15(2)26-14-18-5-3-4-17(10-18)13-22-21(23)12-16-6-7-19-20(11-16)25-9-8-24-19/h3-7,10-11,15H,8-9,12-14H2,1-2H3,(H,22,23). The van der Waals surface area contributed by atoms with Crippen LogP contribution in [0.3, 0.4) is 0 Å². The number of rotatable bonds is 7. The van der Waals surface area contributed by atoms with Crippen LogP contribution >= 0.6 is 0 Å². The van der Waals surface area contributed by atoms with Crippen molar-refractivity contribution >= 4 is 5.91 Å². The van der Waals surface area contributed by atoms with Crippen LogP contribution in [0.4, 0.5) is 0 Å². The number of hydrogen-bond acceptors (Lipinski definition) is 4. The summed E-state index contributed by atoms with van der Waals surface area (Å²) >= 11 is 0. The van der Waals surface area contributed by atoms with Crippen LogP contribution in [-0.4, -0.2) is 25.2 Å². The molecule has 0 saturated heterocycles. The van der Waals surface area contributed by atoms with E-state index in [1.165, 1.54) is 0 Å². The minimum absolute atomic E-state index is 0.0227. The molecule has 1 N–H and O–H groups in total. The largest absolute Gasteiger partial charge is 0.486 e. The Hall–Kier alpha value is -2.53. The maximum atomic E-state index is 12.2. The highest BCUT2D eigenvalue weighted by atomic mass is 16.6. The molecule has 0 unspecified atom stereocenters. The maximum Gasteiger partial charge on any atom is 0.224 e. The predicted octanol–water partition coefficient (Wildman–Crippen LogP) is 3.24. The quantitative estimate of drug-likeness (QED) is 0.828. The molecule has 5 nitrogen and oxygen atoms in total. The van der Waals surface area contributed by atoms with E-state index in [4.69, 9.17) is 14.2 Å². The van der Waals surface area contributed by atoms with Crippen LogP contribution in [0, 0.1) is 0 Å². The molecule has 0 fully saturated rings. The first-order valence-corrected chi connectivity index (χ1v) is 8.95. The third-order valence-electron chi connectivity index (χ3n) is 4.04. The number of nitrogens with one attached hydrogen (secondary N) is 1. The van der Waals surface area contributed by atoms with Gasteiger partial charge in [0.25, 0.3) is 0 Å². The van der Waals surface area contributed by atoms with Gasteiger partial charge in [0.05, 0.1) is 19.1 Å². The summed E-state index contributed by atoms with van der Waals surface area (Å²) < 4.78 is 16.7. The molecule has 5 heteroatoms. The van der Waals surface area contributed by atoms with Gasteiger partial charge in [0, 0.05) is 6.54 Å². The average Bonchev–Trinajstić information content (AvgIpc) is 2.65. The molecule has 2 aromatic carbocycles. The molecule has 1 heterocycles. The lowest BCUT2D eigenvalue weighted by Gasteiger charge is -2.18. The van der Waals surface area contributed by atoms with Gasteiger partial charge < -0.3 is 19.5 Å². The fraction of sp³-hybridized carbons (Fsp3) is 0.381. The van der Waals surface area contributed by atoms with Crippen molar-refractivity contribution in [1.82, 2.24) is 5.32 Å². The van der Waals surface area contributed by atoms with E-state index in [0.29, 0.717) is 38.5 Å². The molecule has 3 rings (SSSR count). The number of ether oxygens (including phenoxy) is 3. The van der Waals surface area contributed by atoms with Gasteiger partial charge in [-0.1, -0.05) is 30.3 Å². The second-order valence-corrected chi connectivity index (χ2v) is 6.61. The molecular weight excluding hydrogens is 330 g/mol. The van der Waals surface area contributed by atoms with Crippen LogP contribution in [-0.2, 0) is 29.1 Å². The van der Waals surface area contributed by atoms with E-state index in [9.17, 15) is 4.79 Å². The normalized spacial score (nSPS) is 12.9. The molecule has 0 bridgehead atoms. The second-order valence-electron chi connectivity index (χ2n) is 6.61. The van der Waals surface area contributed by atoms with Crippen LogP contribution in [0.15, 0.2) is 42.5 Å². The van der Waals surface area contributed by atoms with Gasteiger partial charge in [-0.2, -0.15) is 0 Å². The van der Waals surface area contributed by atoms with E-state index < -0.39 is 0 Å². The Labute approximate surface area is 154 Å². The van der Waals surface area contributed by atoms with Crippen molar-refractivity contribution < 1.29 is 19.0 Å². The Morgan fingerprint density at radius 1 is 1.04 bits per heavy atom. The van der Waals surface area contributed by atoms with Gasteiger partial charge in [-0.25, -0.2) is 0 Å². The number of hydrogen-bond donors (Lipinski definition) is 1. The van der Waals surface area contributed by atoms with E-state index in [-0.39, 0.29) is 12.0 Å². The zero-order valence-electron chi connectivity index (χ0n) is 15.3. The van der Waals surface area contributed by atoms with Crippen molar-refractivity contribution in [3.63, 3.8) is 0 Å². The fourth-order valence-corrected chi connectivity index (χ4v) is 2.74. The summed E-state index contributed by atoms with van der Waals surface area (Å²) in [4.78, 5) is 12.2. The molecule has 0 spiro atoms. The van der Waals surface area contributed by atoms with Gasteiger partial charge in [-0.15, -0.1) is 0 Å². The minimum atomic E-state index is -0.0227. The molecule has 26 heavy (non-hydrogen) atoms. The Balaban J connectivity index is 1.52. The van der Waals surface area contributed by atoms with Gasteiger partial charge in [-0.3, -0.25) is 4.79 Å². The van der Waals surface area contributed by atoms with Crippen LogP contribution in [0.25, 0.3) is 0 Å². The van der Waals surface area contributed by atoms with E-state index in [0.717, 1.165) is 22.4 Å². The lowest BCUT2D eigenvalue weighted by Crippen LogP contribution is -2.24. The molecule has 1 amide bonds. The van der Waals surface area contributed by atoms with Crippen molar-refractivity contribution in [3.8, 4) is 11.5 Å². The first kappa shape index (κ1) is 18.3. The van der Waals surface area contributed by atoms with Crippen LogP contribution in [0.5, 0.6) is 11.5 Å².